The van der Waals surface area contributed by atoms with Crippen LogP contribution in [-0.4, -0.2) is 49.0 Å². The van der Waals surface area contributed by atoms with Crippen LogP contribution in [0.25, 0.3) is 0 Å². The quantitative estimate of drug-likeness (QED) is 0.827. The Morgan fingerprint density at radius 1 is 1.17 bits per heavy atom. The molecule has 120 valence electrons. The van der Waals surface area contributed by atoms with Crippen molar-refractivity contribution in [1.29, 1.82) is 0 Å². The molecule has 0 spiro atoms. The Hall–Kier alpha value is -2.70. The van der Waals surface area contributed by atoms with E-state index in [9.17, 15) is 9.59 Å². The van der Waals surface area contributed by atoms with E-state index in [1.807, 2.05) is 37.4 Å². The van der Waals surface area contributed by atoms with Crippen LogP contribution in [0.3, 0.4) is 0 Å². The first-order chi connectivity index (χ1) is 11.1. The molecular formula is C16H19N5O2. The van der Waals surface area contributed by atoms with Crippen molar-refractivity contribution in [3.63, 3.8) is 0 Å². The molecule has 1 aliphatic heterocycles. The van der Waals surface area contributed by atoms with Crippen LogP contribution in [0, 0.1) is 0 Å². The van der Waals surface area contributed by atoms with Crippen molar-refractivity contribution in [3.8, 4) is 0 Å². The second-order valence-electron chi connectivity index (χ2n) is 5.74. The second-order valence-corrected chi connectivity index (χ2v) is 5.74. The van der Waals surface area contributed by atoms with E-state index in [1.165, 1.54) is 0 Å². The standard InChI is InChI=1S/C16H19N5O2/c1-12-16(23)20(8-13-6-4-3-5-7-13)10-15(22)21(12)9-14-18-17-11-19(14)2/h3-7,11-12H,8-10H2,1-2H3/t12-/m1/s1. The molecule has 23 heavy (non-hydrogen) atoms. The minimum Gasteiger partial charge on any atom is -0.327 e. The van der Waals surface area contributed by atoms with Crippen molar-refractivity contribution in [3.05, 3.63) is 48.0 Å². The van der Waals surface area contributed by atoms with Gasteiger partial charge < -0.3 is 14.4 Å². The lowest BCUT2D eigenvalue weighted by atomic mass is 10.1. The molecule has 0 unspecified atom stereocenters. The third-order valence-electron chi connectivity index (χ3n) is 4.12. The van der Waals surface area contributed by atoms with Crippen LogP contribution in [0.2, 0.25) is 0 Å². The molecule has 0 N–H and O–H groups in total. The van der Waals surface area contributed by atoms with Crippen LogP contribution in [0.4, 0.5) is 0 Å². The fraction of sp³-hybridized carbons (Fsp3) is 0.375. The predicted octanol–water partition coefficient (Wildman–Crippen LogP) is 0.575. The summed E-state index contributed by atoms with van der Waals surface area (Å²) < 4.78 is 1.75. The van der Waals surface area contributed by atoms with E-state index in [0.717, 1.165) is 5.56 Å². The topological polar surface area (TPSA) is 71.3 Å². The number of benzene rings is 1. The van der Waals surface area contributed by atoms with Crippen LogP contribution in [-0.2, 0) is 29.7 Å². The summed E-state index contributed by atoms with van der Waals surface area (Å²) in [6.07, 6.45) is 1.58. The minimum absolute atomic E-state index is 0.0457. The van der Waals surface area contributed by atoms with Crippen molar-refractivity contribution in [1.82, 2.24) is 24.6 Å². The summed E-state index contributed by atoms with van der Waals surface area (Å²) in [4.78, 5) is 28.2. The number of hydrogen-bond donors (Lipinski definition) is 0. The summed E-state index contributed by atoms with van der Waals surface area (Å²) in [5, 5.41) is 7.79. The van der Waals surface area contributed by atoms with E-state index in [1.54, 1.807) is 27.6 Å². The zero-order valence-corrected chi connectivity index (χ0v) is 13.2. The number of hydrogen-bond acceptors (Lipinski definition) is 4. The van der Waals surface area contributed by atoms with Crippen molar-refractivity contribution in [2.75, 3.05) is 6.54 Å². The number of amides is 2. The molecule has 2 heterocycles. The zero-order valence-electron chi connectivity index (χ0n) is 13.2. The maximum atomic E-state index is 12.6. The Morgan fingerprint density at radius 2 is 1.91 bits per heavy atom. The molecule has 1 fully saturated rings. The van der Waals surface area contributed by atoms with Gasteiger partial charge in [0.05, 0.1) is 6.54 Å². The number of aryl methyl sites for hydroxylation is 1. The molecule has 0 aliphatic carbocycles. The Bertz CT molecular complexity index is 712. The molecule has 1 saturated heterocycles. The smallest absolute Gasteiger partial charge is 0.245 e. The Labute approximate surface area is 134 Å². The van der Waals surface area contributed by atoms with Gasteiger partial charge in [-0.15, -0.1) is 10.2 Å². The van der Waals surface area contributed by atoms with E-state index in [-0.39, 0.29) is 18.4 Å². The zero-order chi connectivity index (χ0) is 16.4. The number of rotatable bonds is 4. The van der Waals surface area contributed by atoms with Gasteiger partial charge >= 0.3 is 0 Å². The first kappa shape index (κ1) is 15.2. The van der Waals surface area contributed by atoms with E-state index >= 15 is 0 Å². The number of carbonyl (C=O) groups excluding carboxylic acids is 2. The Kier molecular flexibility index (Phi) is 4.10. The van der Waals surface area contributed by atoms with Gasteiger partial charge in [-0.1, -0.05) is 30.3 Å². The normalized spacial score (nSPS) is 18.6. The average Bonchev–Trinajstić information content (AvgIpc) is 2.95. The van der Waals surface area contributed by atoms with Crippen LogP contribution < -0.4 is 0 Å². The molecular weight excluding hydrogens is 294 g/mol. The number of piperazine rings is 1. The largest absolute Gasteiger partial charge is 0.327 e. The van der Waals surface area contributed by atoms with Gasteiger partial charge in [-0.05, 0) is 12.5 Å². The predicted molar refractivity (Wildman–Crippen MR) is 82.9 cm³/mol. The summed E-state index contributed by atoms with van der Waals surface area (Å²) >= 11 is 0. The first-order valence-corrected chi connectivity index (χ1v) is 7.51. The maximum Gasteiger partial charge on any atom is 0.245 e. The number of carbonyl (C=O) groups is 2. The van der Waals surface area contributed by atoms with Crippen LogP contribution in [0.1, 0.15) is 18.3 Å². The van der Waals surface area contributed by atoms with E-state index in [0.29, 0.717) is 18.9 Å². The van der Waals surface area contributed by atoms with Gasteiger partial charge in [0, 0.05) is 13.6 Å². The molecule has 2 aromatic rings. The molecule has 1 atom stereocenters. The SMILES string of the molecule is C[C@@H]1C(=O)N(Cc2ccccc2)CC(=O)N1Cc1nncn1C. The molecule has 0 radical (unpaired) electrons. The monoisotopic (exact) mass is 313 g/mol. The van der Waals surface area contributed by atoms with Gasteiger partial charge in [-0.3, -0.25) is 9.59 Å². The first-order valence-electron chi connectivity index (χ1n) is 7.51. The van der Waals surface area contributed by atoms with Gasteiger partial charge in [0.15, 0.2) is 5.82 Å². The molecule has 1 aromatic heterocycles. The molecule has 0 saturated carbocycles. The fourth-order valence-corrected chi connectivity index (χ4v) is 2.71. The fourth-order valence-electron chi connectivity index (χ4n) is 2.71. The lowest BCUT2D eigenvalue weighted by Crippen LogP contribution is -2.58. The highest BCUT2D eigenvalue weighted by molar-refractivity contribution is 5.94. The van der Waals surface area contributed by atoms with Crippen LogP contribution >= 0.6 is 0 Å². The van der Waals surface area contributed by atoms with E-state index in [2.05, 4.69) is 10.2 Å². The van der Waals surface area contributed by atoms with Gasteiger partial charge in [-0.2, -0.15) is 0 Å². The average molecular weight is 313 g/mol. The molecule has 7 nitrogen and oxygen atoms in total. The van der Waals surface area contributed by atoms with E-state index in [4.69, 9.17) is 0 Å². The van der Waals surface area contributed by atoms with Crippen LogP contribution in [0.5, 0.6) is 0 Å². The molecule has 1 aliphatic rings. The number of nitrogens with zero attached hydrogens (tertiary/aromatic N) is 5. The van der Waals surface area contributed by atoms with Crippen molar-refractivity contribution in [2.24, 2.45) is 7.05 Å². The number of aromatic nitrogens is 3. The molecule has 3 rings (SSSR count). The van der Waals surface area contributed by atoms with Gasteiger partial charge in [0.1, 0.15) is 18.9 Å². The highest BCUT2D eigenvalue weighted by Crippen LogP contribution is 2.17. The van der Waals surface area contributed by atoms with Gasteiger partial charge in [0.25, 0.3) is 0 Å². The van der Waals surface area contributed by atoms with Crippen molar-refractivity contribution < 1.29 is 9.59 Å². The summed E-state index contributed by atoms with van der Waals surface area (Å²) in [5.74, 6) is 0.543. The molecule has 0 bridgehead atoms. The molecule has 1 aromatic carbocycles. The van der Waals surface area contributed by atoms with Gasteiger partial charge in [0.2, 0.25) is 11.8 Å². The van der Waals surface area contributed by atoms with Gasteiger partial charge in [-0.25, -0.2) is 0 Å². The summed E-state index contributed by atoms with van der Waals surface area (Å²) in [6, 6.07) is 9.18. The lowest BCUT2D eigenvalue weighted by Gasteiger charge is -2.38. The highest BCUT2D eigenvalue weighted by Gasteiger charge is 2.36. The summed E-state index contributed by atoms with van der Waals surface area (Å²) in [6.45, 7) is 2.60. The highest BCUT2D eigenvalue weighted by atomic mass is 16.2. The Balaban J connectivity index is 1.73. The third-order valence-corrected chi connectivity index (χ3v) is 4.12. The summed E-state index contributed by atoms with van der Waals surface area (Å²) in [5.41, 5.74) is 1.02. The molecule has 7 heteroatoms. The Morgan fingerprint density at radius 3 is 2.57 bits per heavy atom. The lowest BCUT2D eigenvalue weighted by molar-refractivity contribution is -0.156. The van der Waals surface area contributed by atoms with Crippen molar-refractivity contribution >= 4 is 11.8 Å². The van der Waals surface area contributed by atoms with Crippen molar-refractivity contribution in [2.45, 2.75) is 26.1 Å². The third kappa shape index (κ3) is 3.08. The second kappa shape index (κ2) is 6.20. The summed E-state index contributed by atoms with van der Waals surface area (Å²) in [7, 11) is 1.82. The molecule has 2 amide bonds. The van der Waals surface area contributed by atoms with E-state index < -0.39 is 6.04 Å². The van der Waals surface area contributed by atoms with Crippen LogP contribution in [0.15, 0.2) is 36.7 Å². The maximum absolute atomic E-state index is 12.6. The minimum atomic E-state index is -0.503.